The second-order valence-corrected chi connectivity index (χ2v) is 13.5. The second kappa shape index (κ2) is 11.2. The predicted octanol–water partition coefficient (Wildman–Crippen LogP) is 5.02. The van der Waals surface area contributed by atoms with Crippen molar-refractivity contribution in [2.24, 2.45) is 5.92 Å². The number of ether oxygens (including phenoxy) is 1. The predicted molar refractivity (Wildman–Crippen MR) is 159 cm³/mol. The minimum absolute atomic E-state index is 0.0407. The molecule has 1 aromatic heterocycles. The number of benzene rings is 2. The van der Waals surface area contributed by atoms with Gasteiger partial charge in [0, 0.05) is 30.4 Å². The molecule has 1 saturated carbocycles. The van der Waals surface area contributed by atoms with Gasteiger partial charge in [0.15, 0.2) is 5.43 Å². The highest BCUT2D eigenvalue weighted by Gasteiger charge is 2.42. The van der Waals surface area contributed by atoms with E-state index in [1.54, 1.807) is 68.1 Å². The van der Waals surface area contributed by atoms with Crippen LogP contribution in [0.4, 0.5) is 15.3 Å². The molecule has 2 aromatic carbocycles. The van der Waals surface area contributed by atoms with Crippen molar-refractivity contribution in [2.45, 2.75) is 51.7 Å². The molecule has 10 nitrogen and oxygen atoms in total. The van der Waals surface area contributed by atoms with Crippen molar-refractivity contribution >= 4 is 38.8 Å². The van der Waals surface area contributed by atoms with Gasteiger partial charge in [-0.3, -0.25) is 9.52 Å². The van der Waals surface area contributed by atoms with Crippen molar-refractivity contribution in [3.8, 4) is 23.0 Å². The first-order chi connectivity index (χ1) is 19.8. The molecule has 0 bridgehead atoms. The summed E-state index contributed by atoms with van der Waals surface area (Å²) in [5.74, 6) is 6.24. The summed E-state index contributed by atoms with van der Waals surface area (Å²) in [6, 6.07) is 11.1. The van der Waals surface area contributed by atoms with Gasteiger partial charge in [0.05, 0.1) is 23.1 Å². The number of likely N-dealkylation sites (tertiary alicyclic amines) is 1. The number of nitrogens with one attached hydrogen (secondary N) is 1. The Balaban J connectivity index is 1.24. The number of hydrogen-bond acceptors (Lipinski definition) is 7. The van der Waals surface area contributed by atoms with Crippen LogP contribution < -0.4 is 10.2 Å². The van der Waals surface area contributed by atoms with Crippen LogP contribution in [0.5, 0.6) is 0 Å². The average Bonchev–Trinajstić information content (AvgIpc) is 2.83. The Kier molecular flexibility index (Phi) is 7.77. The molecule has 0 unspecified atom stereocenters. The van der Waals surface area contributed by atoms with Crippen molar-refractivity contribution < 1.29 is 27.2 Å². The summed E-state index contributed by atoms with van der Waals surface area (Å²) < 4.78 is 36.5. The molecule has 1 N–H and O–H groups in total. The smallest absolute Gasteiger partial charge is 0.418 e. The Labute approximate surface area is 244 Å². The Morgan fingerprint density at radius 2 is 1.79 bits per heavy atom. The largest absolute Gasteiger partial charge is 0.463 e. The zero-order chi connectivity index (χ0) is 30.2. The number of nitrogens with zero attached hydrogens (tertiary/aromatic N) is 2. The standard InChI is InChI=1S/C31H33N3O7S/c1-31(2,3)41-30(37)34(24-6-5-7-24)29(36)33-17-21(18-33)9-8-20-10-15-25-27(16-20)40-19-26(28(25)35)22-11-13-23(14-12-22)32-42(4,38)39/h10-16,19,21,24,32H,5-7,17-18H2,1-4H3. The Morgan fingerprint density at radius 3 is 2.38 bits per heavy atom. The van der Waals surface area contributed by atoms with Gasteiger partial charge >= 0.3 is 12.1 Å². The number of fused-ring (bicyclic) bond motifs is 1. The summed E-state index contributed by atoms with van der Waals surface area (Å²) in [5, 5.41) is 0.398. The number of imide groups is 1. The monoisotopic (exact) mass is 591 g/mol. The summed E-state index contributed by atoms with van der Waals surface area (Å²) in [6.45, 7) is 6.18. The third-order valence-electron chi connectivity index (χ3n) is 7.08. The van der Waals surface area contributed by atoms with E-state index in [1.807, 2.05) is 0 Å². The molecule has 220 valence electrons. The molecule has 2 heterocycles. The Hall–Kier alpha value is -4.30. The van der Waals surface area contributed by atoms with Crippen molar-refractivity contribution in [3.63, 3.8) is 0 Å². The molecule has 3 amide bonds. The van der Waals surface area contributed by atoms with Gasteiger partial charge in [0.1, 0.15) is 17.4 Å². The number of rotatable bonds is 4. The number of sulfonamides is 1. The van der Waals surface area contributed by atoms with Crippen LogP contribution in [0, 0.1) is 17.8 Å². The maximum Gasteiger partial charge on any atom is 0.418 e. The molecule has 0 spiro atoms. The Morgan fingerprint density at radius 1 is 1.10 bits per heavy atom. The highest BCUT2D eigenvalue weighted by molar-refractivity contribution is 7.92. The first kappa shape index (κ1) is 29.2. The lowest BCUT2D eigenvalue weighted by Crippen LogP contribution is -2.59. The minimum atomic E-state index is -3.40. The van der Waals surface area contributed by atoms with Crippen molar-refractivity contribution in [2.75, 3.05) is 24.1 Å². The van der Waals surface area contributed by atoms with Crippen molar-refractivity contribution in [1.82, 2.24) is 9.80 Å². The number of amides is 3. The number of urea groups is 1. The van der Waals surface area contributed by atoms with E-state index in [9.17, 15) is 22.8 Å². The first-order valence-electron chi connectivity index (χ1n) is 13.7. The SMILES string of the molecule is CC(C)(C)OC(=O)N(C(=O)N1CC(C#Cc2ccc3c(=O)c(-c4ccc(NS(C)(=O)=O)cc4)coc3c2)C1)C1CCC1. The number of anilines is 1. The van der Waals surface area contributed by atoms with E-state index in [-0.39, 0.29) is 23.4 Å². The zero-order valence-electron chi connectivity index (χ0n) is 24.0. The fraction of sp³-hybridized carbons (Fsp3) is 0.387. The topological polar surface area (TPSA) is 126 Å². The minimum Gasteiger partial charge on any atom is -0.463 e. The van der Waals surface area contributed by atoms with Gasteiger partial charge in [0.25, 0.3) is 0 Å². The third kappa shape index (κ3) is 6.60. The van der Waals surface area contributed by atoms with E-state index in [0.29, 0.717) is 46.4 Å². The van der Waals surface area contributed by atoms with E-state index in [0.717, 1.165) is 25.5 Å². The summed E-state index contributed by atoms with van der Waals surface area (Å²) >= 11 is 0. The van der Waals surface area contributed by atoms with Crippen LogP contribution in [-0.4, -0.2) is 61.3 Å². The normalized spacial score (nSPS) is 15.7. The quantitative estimate of drug-likeness (QED) is 0.422. The lowest BCUT2D eigenvalue weighted by molar-refractivity contribution is 0.00877. The molecule has 42 heavy (non-hydrogen) atoms. The lowest BCUT2D eigenvalue weighted by atomic mass is 9.91. The zero-order valence-corrected chi connectivity index (χ0v) is 24.8. The second-order valence-electron chi connectivity index (χ2n) is 11.7. The number of carbonyl (C=O) groups excluding carboxylic acids is 2. The van der Waals surface area contributed by atoms with Gasteiger partial charge in [-0.1, -0.05) is 24.0 Å². The maximum atomic E-state index is 13.1. The maximum absolute atomic E-state index is 13.1. The lowest BCUT2D eigenvalue weighted by Gasteiger charge is -2.43. The van der Waals surface area contributed by atoms with Gasteiger partial charge in [-0.15, -0.1) is 0 Å². The molecule has 0 atom stereocenters. The third-order valence-corrected chi connectivity index (χ3v) is 7.69. The molecule has 11 heteroatoms. The summed E-state index contributed by atoms with van der Waals surface area (Å²) in [5.41, 5.74) is 1.51. The molecular weight excluding hydrogens is 558 g/mol. The molecule has 2 aliphatic rings. The van der Waals surface area contributed by atoms with Crippen molar-refractivity contribution in [1.29, 1.82) is 0 Å². The first-order valence-corrected chi connectivity index (χ1v) is 15.6. The molecule has 1 saturated heterocycles. The highest BCUT2D eigenvalue weighted by atomic mass is 32.2. The summed E-state index contributed by atoms with van der Waals surface area (Å²) in [6.07, 6.45) is 4.41. The van der Waals surface area contributed by atoms with Gasteiger partial charge in [0.2, 0.25) is 10.0 Å². The van der Waals surface area contributed by atoms with E-state index in [1.165, 1.54) is 11.2 Å². The van der Waals surface area contributed by atoms with Crippen molar-refractivity contribution in [3.05, 3.63) is 64.5 Å². The number of carbonyl (C=O) groups is 2. The van der Waals surface area contributed by atoms with Crippen LogP contribution >= 0.6 is 0 Å². The number of hydrogen-bond donors (Lipinski definition) is 1. The van der Waals surface area contributed by atoms with Crippen LogP contribution in [0.1, 0.15) is 45.6 Å². The van der Waals surface area contributed by atoms with Gasteiger partial charge in [-0.2, -0.15) is 0 Å². The molecular formula is C31H33N3O7S. The van der Waals surface area contributed by atoms with Gasteiger partial charge in [-0.25, -0.2) is 22.9 Å². The molecule has 1 aliphatic carbocycles. The van der Waals surface area contributed by atoms with E-state index in [4.69, 9.17) is 9.15 Å². The average molecular weight is 592 g/mol. The molecule has 1 aliphatic heterocycles. The fourth-order valence-corrected chi connectivity index (χ4v) is 5.30. The van der Waals surface area contributed by atoms with E-state index in [2.05, 4.69) is 16.6 Å². The van der Waals surface area contributed by atoms with Crippen LogP contribution in [0.25, 0.3) is 22.1 Å². The molecule has 0 radical (unpaired) electrons. The van der Waals surface area contributed by atoms with Gasteiger partial charge in [-0.05, 0) is 75.9 Å². The van der Waals surface area contributed by atoms with Gasteiger partial charge < -0.3 is 14.1 Å². The summed E-state index contributed by atoms with van der Waals surface area (Å²) in [4.78, 5) is 41.9. The van der Waals surface area contributed by atoms with E-state index < -0.39 is 21.7 Å². The van der Waals surface area contributed by atoms with Crippen LogP contribution in [0.15, 0.2) is 57.9 Å². The molecule has 5 rings (SSSR count). The van der Waals surface area contributed by atoms with Crippen LogP contribution in [-0.2, 0) is 14.8 Å². The van der Waals surface area contributed by atoms with E-state index >= 15 is 0 Å². The molecule has 3 aromatic rings. The summed E-state index contributed by atoms with van der Waals surface area (Å²) in [7, 11) is -3.40. The van der Waals surface area contributed by atoms with Crippen LogP contribution in [0.3, 0.4) is 0 Å². The fourth-order valence-electron chi connectivity index (χ4n) is 4.74. The Bertz CT molecular complexity index is 1750. The highest BCUT2D eigenvalue weighted by Crippen LogP contribution is 2.29. The van der Waals surface area contributed by atoms with Crippen LogP contribution in [0.2, 0.25) is 0 Å². The molecule has 2 fully saturated rings.